The lowest BCUT2D eigenvalue weighted by Crippen LogP contribution is -2.29. The summed E-state index contributed by atoms with van der Waals surface area (Å²) in [5.74, 6) is -1.77. The third-order valence-corrected chi connectivity index (χ3v) is 5.00. The molecule has 1 aromatic carbocycles. The van der Waals surface area contributed by atoms with E-state index in [-0.39, 0.29) is 39.9 Å². The van der Waals surface area contributed by atoms with E-state index in [1.807, 2.05) is 13.8 Å². The largest absolute Gasteiger partial charge is 0.433 e. The Morgan fingerprint density at radius 3 is 2.61 bits per heavy atom. The molecule has 0 saturated carbocycles. The molecule has 0 radical (unpaired) electrons. The summed E-state index contributed by atoms with van der Waals surface area (Å²) < 4.78 is 36.8. The summed E-state index contributed by atoms with van der Waals surface area (Å²) >= 11 is 6.33. The van der Waals surface area contributed by atoms with Crippen LogP contribution in [0.4, 0.5) is 20.4 Å². The normalized spacial score (nSPS) is 14.7. The van der Waals surface area contributed by atoms with Gasteiger partial charge in [0, 0.05) is 19.1 Å². The number of carbonyl (C=O) groups excluding carboxylic acids is 2. The molecule has 1 aliphatic heterocycles. The van der Waals surface area contributed by atoms with E-state index in [1.165, 1.54) is 10.7 Å². The fourth-order valence-corrected chi connectivity index (χ4v) is 3.31. The Morgan fingerprint density at radius 2 is 1.97 bits per heavy atom. The van der Waals surface area contributed by atoms with Crippen LogP contribution in [0.1, 0.15) is 43.1 Å². The van der Waals surface area contributed by atoms with Crippen LogP contribution in [0.2, 0.25) is 5.02 Å². The van der Waals surface area contributed by atoms with Gasteiger partial charge in [-0.1, -0.05) is 16.7 Å². The first-order chi connectivity index (χ1) is 14.8. The van der Waals surface area contributed by atoms with E-state index < -0.39 is 18.4 Å². The maximum absolute atomic E-state index is 12.9. The third kappa shape index (κ3) is 5.44. The average molecular weight is 459 g/mol. The zero-order chi connectivity index (χ0) is 22.5. The lowest BCUT2D eigenvalue weighted by molar-refractivity contribution is -0.122. The monoisotopic (exact) mass is 458 g/mol. The van der Waals surface area contributed by atoms with Crippen molar-refractivity contribution in [1.82, 2.24) is 20.2 Å². The molecule has 0 atom stereocenters. The number of rotatable bonds is 7. The number of ether oxygens (including phenoxy) is 2. The summed E-state index contributed by atoms with van der Waals surface area (Å²) in [6.07, 6.45) is 0.957. The SMILES string of the molecule is CC(C)n1nnnc1NC(=O)c1ccc(OC(F)F)c(NC(=O)C2CCOCC2)c1Cl. The van der Waals surface area contributed by atoms with Crippen LogP contribution >= 0.6 is 11.6 Å². The Labute approximate surface area is 181 Å². The van der Waals surface area contributed by atoms with E-state index in [9.17, 15) is 18.4 Å². The molecule has 0 unspecified atom stereocenters. The molecule has 10 nitrogen and oxygen atoms in total. The van der Waals surface area contributed by atoms with Gasteiger partial charge in [-0.25, -0.2) is 4.68 Å². The van der Waals surface area contributed by atoms with Crippen LogP contribution in [0.5, 0.6) is 5.75 Å². The van der Waals surface area contributed by atoms with Gasteiger partial charge >= 0.3 is 6.61 Å². The molecule has 1 saturated heterocycles. The average Bonchev–Trinajstić information content (AvgIpc) is 3.19. The van der Waals surface area contributed by atoms with Gasteiger partial charge in [0.15, 0.2) is 5.75 Å². The van der Waals surface area contributed by atoms with Crippen LogP contribution in [-0.2, 0) is 9.53 Å². The summed E-state index contributed by atoms with van der Waals surface area (Å²) in [5, 5.41) is 15.8. The quantitative estimate of drug-likeness (QED) is 0.653. The molecule has 2 aromatic rings. The van der Waals surface area contributed by atoms with Gasteiger partial charge in [-0.2, -0.15) is 8.78 Å². The van der Waals surface area contributed by atoms with E-state index in [2.05, 4.69) is 30.9 Å². The van der Waals surface area contributed by atoms with Crippen LogP contribution in [0, 0.1) is 5.92 Å². The maximum Gasteiger partial charge on any atom is 0.387 e. The van der Waals surface area contributed by atoms with E-state index in [0.717, 1.165) is 6.07 Å². The molecule has 1 aliphatic rings. The third-order valence-electron chi connectivity index (χ3n) is 4.61. The van der Waals surface area contributed by atoms with Crippen molar-refractivity contribution in [2.24, 2.45) is 5.92 Å². The van der Waals surface area contributed by atoms with Gasteiger partial charge in [-0.05, 0) is 49.2 Å². The molecule has 31 heavy (non-hydrogen) atoms. The van der Waals surface area contributed by atoms with E-state index in [1.54, 1.807) is 0 Å². The number of alkyl halides is 2. The molecule has 168 valence electrons. The lowest BCUT2D eigenvalue weighted by atomic mass is 9.99. The summed E-state index contributed by atoms with van der Waals surface area (Å²) in [5.41, 5.74) is -0.293. The molecule has 0 bridgehead atoms. The number of benzene rings is 1. The molecular formula is C18H21ClF2N6O4. The number of hydrogen-bond donors (Lipinski definition) is 2. The molecule has 0 spiro atoms. The zero-order valence-electron chi connectivity index (χ0n) is 16.8. The van der Waals surface area contributed by atoms with Gasteiger partial charge in [-0.15, -0.1) is 0 Å². The molecule has 1 fully saturated rings. The van der Waals surface area contributed by atoms with Gasteiger partial charge in [-0.3, -0.25) is 14.9 Å². The second kappa shape index (κ2) is 9.96. The van der Waals surface area contributed by atoms with Gasteiger partial charge in [0.1, 0.15) is 5.69 Å². The Balaban J connectivity index is 1.89. The highest BCUT2D eigenvalue weighted by Gasteiger charge is 2.26. The van der Waals surface area contributed by atoms with Gasteiger partial charge in [0.25, 0.3) is 5.91 Å². The topological polar surface area (TPSA) is 120 Å². The van der Waals surface area contributed by atoms with Crippen LogP contribution in [-0.4, -0.2) is 51.8 Å². The van der Waals surface area contributed by atoms with E-state index >= 15 is 0 Å². The van der Waals surface area contributed by atoms with Crippen LogP contribution in [0.15, 0.2) is 12.1 Å². The minimum Gasteiger partial charge on any atom is -0.433 e. The van der Waals surface area contributed by atoms with Gasteiger partial charge < -0.3 is 14.8 Å². The molecule has 2 amide bonds. The lowest BCUT2D eigenvalue weighted by Gasteiger charge is -2.22. The van der Waals surface area contributed by atoms with Crippen molar-refractivity contribution in [2.75, 3.05) is 23.8 Å². The molecule has 2 heterocycles. The van der Waals surface area contributed by atoms with Crippen molar-refractivity contribution in [3.05, 3.63) is 22.7 Å². The zero-order valence-corrected chi connectivity index (χ0v) is 17.5. The first-order valence-corrected chi connectivity index (χ1v) is 9.90. The van der Waals surface area contributed by atoms with Gasteiger partial charge in [0.2, 0.25) is 11.9 Å². The van der Waals surface area contributed by atoms with Gasteiger partial charge in [0.05, 0.1) is 16.6 Å². The van der Waals surface area contributed by atoms with Crippen LogP contribution in [0.3, 0.4) is 0 Å². The number of nitrogens with one attached hydrogen (secondary N) is 2. The second-order valence-electron chi connectivity index (χ2n) is 7.05. The predicted octanol–water partition coefficient (Wildman–Crippen LogP) is 3.13. The highest BCUT2D eigenvalue weighted by atomic mass is 35.5. The number of amides is 2. The standard InChI is InChI=1S/C18H21ClF2N6O4/c1-9(2)27-18(24-25-26-27)23-16(29)11-3-4-12(31-17(20)21)14(13(11)19)22-15(28)10-5-7-30-8-6-10/h3-4,9-10,17H,5-8H2,1-2H3,(H,22,28)(H,23,24,26,29). The Morgan fingerprint density at radius 1 is 1.26 bits per heavy atom. The minimum absolute atomic E-state index is 0.0798. The smallest absolute Gasteiger partial charge is 0.387 e. The maximum atomic E-state index is 12.9. The number of anilines is 2. The van der Waals surface area contributed by atoms with Crippen molar-refractivity contribution in [2.45, 2.75) is 39.3 Å². The summed E-state index contributed by atoms with van der Waals surface area (Å²) in [6, 6.07) is 2.22. The highest BCUT2D eigenvalue weighted by molar-refractivity contribution is 6.37. The van der Waals surface area contributed by atoms with Crippen molar-refractivity contribution >= 4 is 35.1 Å². The highest BCUT2D eigenvalue weighted by Crippen LogP contribution is 2.37. The van der Waals surface area contributed by atoms with Crippen molar-refractivity contribution < 1.29 is 27.8 Å². The first kappa shape index (κ1) is 22.8. The summed E-state index contributed by atoms with van der Waals surface area (Å²) in [4.78, 5) is 25.4. The molecule has 13 heteroatoms. The summed E-state index contributed by atoms with van der Waals surface area (Å²) in [7, 11) is 0. The Kier molecular flexibility index (Phi) is 7.33. The number of aromatic nitrogens is 4. The molecule has 0 aliphatic carbocycles. The Hall–Kier alpha value is -2.86. The predicted molar refractivity (Wildman–Crippen MR) is 106 cm³/mol. The van der Waals surface area contributed by atoms with Crippen molar-refractivity contribution in [1.29, 1.82) is 0 Å². The number of tetrazole rings is 1. The van der Waals surface area contributed by atoms with Crippen LogP contribution < -0.4 is 15.4 Å². The van der Waals surface area contributed by atoms with Crippen LogP contribution in [0.25, 0.3) is 0 Å². The van der Waals surface area contributed by atoms with Crippen molar-refractivity contribution in [3.8, 4) is 5.75 Å². The molecule has 3 rings (SSSR count). The molecular weight excluding hydrogens is 438 g/mol. The fraction of sp³-hybridized carbons (Fsp3) is 0.500. The van der Waals surface area contributed by atoms with E-state index in [4.69, 9.17) is 16.3 Å². The summed E-state index contributed by atoms with van der Waals surface area (Å²) in [6.45, 7) is 1.32. The molecule has 1 aromatic heterocycles. The van der Waals surface area contributed by atoms with Crippen molar-refractivity contribution in [3.63, 3.8) is 0 Å². The first-order valence-electron chi connectivity index (χ1n) is 9.53. The second-order valence-corrected chi connectivity index (χ2v) is 7.43. The number of halogens is 3. The van der Waals surface area contributed by atoms with E-state index in [0.29, 0.717) is 26.1 Å². The Bertz CT molecular complexity index is 949. The number of nitrogens with zero attached hydrogens (tertiary/aromatic N) is 4. The number of carbonyl (C=O) groups is 2. The number of hydrogen-bond acceptors (Lipinski definition) is 7. The fourth-order valence-electron chi connectivity index (χ4n) is 3.02. The molecule has 2 N–H and O–H groups in total. The minimum atomic E-state index is -3.15.